The van der Waals surface area contributed by atoms with Gasteiger partial charge in [-0.1, -0.05) is 66.2 Å². The van der Waals surface area contributed by atoms with E-state index in [4.69, 9.17) is 0 Å². The lowest BCUT2D eigenvalue weighted by molar-refractivity contribution is 0.230. The van der Waals surface area contributed by atoms with Gasteiger partial charge in [0.05, 0.1) is 0 Å². The van der Waals surface area contributed by atoms with E-state index < -0.39 is 0 Å². The first-order chi connectivity index (χ1) is 10.2. The maximum absolute atomic E-state index is 2.55. The molecule has 0 aromatic heterocycles. The van der Waals surface area contributed by atoms with Gasteiger partial charge in [0.15, 0.2) is 0 Å². The van der Waals surface area contributed by atoms with E-state index >= 15 is 0 Å². The van der Waals surface area contributed by atoms with Crippen molar-refractivity contribution in [1.29, 1.82) is 0 Å². The van der Waals surface area contributed by atoms with Gasteiger partial charge in [-0.3, -0.25) is 4.90 Å². The van der Waals surface area contributed by atoms with Gasteiger partial charge in [-0.05, 0) is 37.0 Å². The van der Waals surface area contributed by atoms with Gasteiger partial charge in [-0.15, -0.1) is 0 Å². The van der Waals surface area contributed by atoms with Crippen LogP contribution in [0.1, 0.15) is 30.0 Å². The van der Waals surface area contributed by atoms with Crippen LogP contribution < -0.4 is 0 Å². The zero-order valence-corrected chi connectivity index (χ0v) is 12.9. The Balaban J connectivity index is 1.72. The number of rotatable bonds is 3. The fraction of sp³-hybridized carbons (Fsp3) is 0.300. The summed E-state index contributed by atoms with van der Waals surface area (Å²) in [5.74, 6) is 0. The number of benzene rings is 2. The Morgan fingerprint density at radius 2 is 1.71 bits per heavy atom. The lowest BCUT2D eigenvalue weighted by Crippen LogP contribution is -2.35. The lowest BCUT2D eigenvalue weighted by Gasteiger charge is -2.32. The summed E-state index contributed by atoms with van der Waals surface area (Å²) in [6.45, 7) is 6.62. The molecule has 2 aromatic rings. The normalized spacial score (nSPS) is 19.3. The highest BCUT2D eigenvalue weighted by molar-refractivity contribution is 5.67. The van der Waals surface area contributed by atoms with Crippen LogP contribution in [-0.4, -0.2) is 17.5 Å². The maximum atomic E-state index is 2.55. The summed E-state index contributed by atoms with van der Waals surface area (Å²) in [5, 5.41) is 0. The molecular weight excluding hydrogens is 254 g/mol. The van der Waals surface area contributed by atoms with Crippen molar-refractivity contribution in [3.05, 3.63) is 77.4 Å². The third-order valence-corrected chi connectivity index (χ3v) is 4.34. The fourth-order valence-electron chi connectivity index (χ4n) is 3.00. The van der Waals surface area contributed by atoms with Gasteiger partial charge in [0.2, 0.25) is 0 Å². The summed E-state index contributed by atoms with van der Waals surface area (Å²) in [4.78, 5) is 2.55. The Morgan fingerprint density at radius 1 is 1.00 bits per heavy atom. The molecule has 0 saturated heterocycles. The van der Waals surface area contributed by atoms with Gasteiger partial charge in [-0.25, -0.2) is 0 Å². The van der Waals surface area contributed by atoms with E-state index in [2.05, 4.69) is 79.4 Å². The van der Waals surface area contributed by atoms with E-state index in [-0.39, 0.29) is 0 Å². The van der Waals surface area contributed by atoms with Gasteiger partial charge in [0.25, 0.3) is 0 Å². The van der Waals surface area contributed by atoms with Crippen molar-refractivity contribution in [3.63, 3.8) is 0 Å². The third-order valence-electron chi connectivity index (χ3n) is 4.34. The molecule has 21 heavy (non-hydrogen) atoms. The minimum atomic E-state index is 0.496. The fourth-order valence-corrected chi connectivity index (χ4v) is 3.00. The summed E-state index contributed by atoms with van der Waals surface area (Å²) < 4.78 is 0. The van der Waals surface area contributed by atoms with Gasteiger partial charge >= 0.3 is 0 Å². The molecule has 0 spiro atoms. The topological polar surface area (TPSA) is 3.24 Å². The van der Waals surface area contributed by atoms with Crippen LogP contribution in [0.25, 0.3) is 5.57 Å². The molecule has 0 saturated carbocycles. The minimum Gasteiger partial charge on any atom is -0.293 e. The molecule has 0 bridgehead atoms. The zero-order chi connectivity index (χ0) is 14.7. The summed E-state index contributed by atoms with van der Waals surface area (Å²) in [6.07, 6.45) is 3.57. The van der Waals surface area contributed by atoms with Gasteiger partial charge in [0, 0.05) is 19.1 Å². The molecule has 1 aliphatic heterocycles. The van der Waals surface area contributed by atoms with Crippen molar-refractivity contribution in [2.75, 3.05) is 6.54 Å². The monoisotopic (exact) mass is 277 g/mol. The molecule has 0 radical (unpaired) electrons. The number of hydrogen-bond acceptors (Lipinski definition) is 1. The van der Waals surface area contributed by atoms with Crippen LogP contribution in [0.3, 0.4) is 0 Å². The predicted molar refractivity (Wildman–Crippen MR) is 90.1 cm³/mol. The first-order valence-electron chi connectivity index (χ1n) is 7.78. The Morgan fingerprint density at radius 3 is 2.38 bits per heavy atom. The van der Waals surface area contributed by atoms with Crippen LogP contribution in [-0.2, 0) is 6.54 Å². The van der Waals surface area contributed by atoms with Crippen molar-refractivity contribution in [2.24, 2.45) is 0 Å². The molecule has 3 rings (SSSR count). The Labute approximate surface area is 127 Å². The van der Waals surface area contributed by atoms with Crippen LogP contribution in [0.5, 0.6) is 0 Å². The first kappa shape index (κ1) is 14.1. The lowest BCUT2D eigenvalue weighted by atomic mass is 9.95. The molecule has 0 aliphatic carbocycles. The van der Waals surface area contributed by atoms with Gasteiger partial charge < -0.3 is 0 Å². The Hall–Kier alpha value is -1.86. The third kappa shape index (κ3) is 3.43. The number of aryl methyl sites for hydroxylation is 1. The molecule has 1 atom stereocenters. The van der Waals surface area contributed by atoms with Crippen molar-refractivity contribution >= 4 is 5.57 Å². The number of nitrogens with zero attached hydrogens (tertiary/aromatic N) is 1. The first-order valence-corrected chi connectivity index (χ1v) is 7.78. The smallest absolute Gasteiger partial charge is 0.0259 e. The van der Waals surface area contributed by atoms with E-state index in [9.17, 15) is 0 Å². The molecule has 0 fully saturated rings. The molecule has 1 heteroatoms. The summed E-state index contributed by atoms with van der Waals surface area (Å²) in [6, 6.07) is 20.2. The van der Waals surface area contributed by atoms with Crippen LogP contribution in [0.2, 0.25) is 0 Å². The highest BCUT2D eigenvalue weighted by Gasteiger charge is 2.19. The van der Waals surface area contributed by atoms with E-state index in [1.54, 1.807) is 0 Å². The van der Waals surface area contributed by atoms with Crippen molar-refractivity contribution in [2.45, 2.75) is 32.9 Å². The molecule has 1 unspecified atom stereocenters. The van der Waals surface area contributed by atoms with E-state index in [1.807, 2.05) is 0 Å². The minimum absolute atomic E-state index is 0.496. The molecule has 1 heterocycles. The van der Waals surface area contributed by atoms with Gasteiger partial charge in [0.1, 0.15) is 0 Å². The standard InChI is InChI=1S/C20H23N/c1-16-8-10-19(11-9-16)20-12-13-21(17(2)14-20)15-18-6-4-3-5-7-18/h3-11,14,17H,12-13,15H2,1-2H3. The van der Waals surface area contributed by atoms with E-state index in [1.165, 1.54) is 22.3 Å². The van der Waals surface area contributed by atoms with E-state index in [0.29, 0.717) is 6.04 Å². The van der Waals surface area contributed by atoms with Gasteiger partial charge in [-0.2, -0.15) is 0 Å². The second-order valence-corrected chi connectivity index (χ2v) is 6.00. The second kappa shape index (κ2) is 6.28. The SMILES string of the molecule is Cc1ccc(C2=CC(C)N(Cc3ccccc3)CC2)cc1. The van der Waals surface area contributed by atoms with Crippen molar-refractivity contribution in [1.82, 2.24) is 4.90 Å². The van der Waals surface area contributed by atoms with Crippen LogP contribution in [0, 0.1) is 6.92 Å². The highest BCUT2D eigenvalue weighted by Crippen LogP contribution is 2.26. The zero-order valence-electron chi connectivity index (χ0n) is 12.9. The average molecular weight is 277 g/mol. The second-order valence-electron chi connectivity index (χ2n) is 6.00. The highest BCUT2D eigenvalue weighted by atomic mass is 15.1. The van der Waals surface area contributed by atoms with Crippen LogP contribution >= 0.6 is 0 Å². The largest absolute Gasteiger partial charge is 0.293 e. The molecule has 0 amide bonds. The molecule has 0 N–H and O–H groups in total. The average Bonchev–Trinajstić information content (AvgIpc) is 2.51. The van der Waals surface area contributed by atoms with Crippen LogP contribution in [0.15, 0.2) is 60.7 Å². The molecule has 1 nitrogen and oxygen atoms in total. The summed E-state index contributed by atoms with van der Waals surface area (Å²) in [5.41, 5.74) is 5.60. The summed E-state index contributed by atoms with van der Waals surface area (Å²) >= 11 is 0. The van der Waals surface area contributed by atoms with Crippen LogP contribution in [0.4, 0.5) is 0 Å². The van der Waals surface area contributed by atoms with Crippen molar-refractivity contribution < 1.29 is 0 Å². The van der Waals surface area contributed by atoms with E-state index in [0.717, 1.165) is 19.5 Å². The quantitative estimate of drug-likeness (QED) is 0.788. The Kier molecular flexibility index (Phi) is 4.21. The molecule has 1 aliphatic rings. The maximum Gasteiger partial charge on any atom is 0.0259 e. The Bertz CT molecular complexity index is 610. The summed E-state index contributed by atoms with van der Waals surface area (Å²) in [7, 11) is 0. The molecular formula is C20H23N. The predicted octanol–water partition coefficient (Wildman–Crippen LogP) is 4.67. The molecule has 108 valence electrons. The number of hydrogen-bond donors (Lipinski definition) is 0. The molecule has 2 aromatic carbocycles. The van der Waals surface area contributed by atoms with Crippen molar-refractivity contribution in [3.8, 4) is 0 Å².